The zero-order valence-corrected chi connectivity index (χ0v) is 10.2. The molecule has 1 aliphatic heterocycles. The van der Waals surface area contributed by atoms with Crippen LogP contribution in [0.5, 0.6) is 0 Å². The molecule has 18 heavy (non-hydrogen) atoms. The van der Waals surface area contributed by atoms with E-state index in [0.717, 1.165) is 26.2 Å². The minimum Gasteiger partial charge on any atom is -0.314 e. The third kappa shape index (κ3) is 2.65. The SMILES string of the molecule is C[C@H](c1cc([N+](=O)[O-])ccc1F)N1CCNCC1. The predicted octanol–water partition coefficient (Wildman–Crippen LogP) is 1.70. The first kappa shape index (κ1) is 12.9. The van der Waals surface area contributed by atoms with Gasteiger partial charge in [0, 0.05) is 49.9 Å². The number of nitro groups is 1. The van der Waals surface area contributed by atoms with Crippen LogP contribution in [0.2, 0.25) is 0 Å². The molecule has 1 aromatic carbocycles. The van der Waals surface area contributed by atoms with Crippen LogP contribution in [0.1, 0.15) is 18.5 Å². The summed E-state index contributed by atoms with van der Waals surface area (Å²) in [4.78, 5) is 12.4. The number of nitrogens with one attached hydrogen (secondary N) is 1. The van der Waals surface area contributed by atoms with E-state index in [1.165, 1.54) is 18.2 Å². The van der Waals surface area contributed by atoms with E-state index < -0.39 is 4.92 Å². The largest absolute Gasteiger partial charge is 0.314 e. The van der Waals surface area contributed by atoms with Gasteiger partial charge in [-0.25, -0.2) is 4.39 Å². The van der Waals surface area contributed by atoms with Gasteiger partial charge in [0.1, 0.15) is 5.82 Å². The molecule has 0 aromatic heterocycles. The molecule has 0 radical (unpaired) electrons. The molecule has 1 fully saturated rings. The fourth-order valence-electron chi connectivity index (χ4n) is 2.23. The molecule has 6 heteroatoms. The van der Waals surface area contributed by atoms with Crippen molar-refractivity contribution in [1.82, 2.24) is 10.2 Å². The lowest BCUT2D eigenvalue weighted by atomic mass is 10.0. The van der Waals surface area contributed by atoms with Gasteiger partial charge in [-0.2, -0.15) is 0 Å². The maximum Gasteiger partial charge on any atom is 0.269 e. The smallest absolute Gasteiger partial charge is 0.269 e. The summed E-state index contributed by atoms with van der Waals surface area (Å²) in [6, 6.07) is 3.56. The molecule has 0 aliphatic carbocycles. The molecule has 1 aliphatic rings. The van der Waals surface area contributed by atoms with Crippen molar-refractivity contribution in [1.29, 1.82) is 0 Å². The van der Waals surface area contributed by atoms with Gasteiger partial charge in [0.15, 0.2) is 0 Å². The summed E-state index contributed by atoms with van der Waals surface area (Å²) < 4.78 is 13.8. The maximum atomic E-state index is 13.8. The number of benzene rings is 1. The second kappa shape index (κ2) is 5.41. The standard InChI is InChI=1S/C12H16FN3O2/c1-9(15-6-4-14-5-7-15)11-8-10(16(17)18)2-3-12(11)13/h2-3,8-9,14H,4-7H2,1H3/t9-/m1/s1. The lowest BCUT2D eigenvalue weighted by molar-refractivity contribution is -0.385. The number of hydrogen-bond donors (Lipinski definition) is 1. The van der Waals surface area contributed by atoms with Crippen molar-refractivity contribution in [2.45, 2.75) is 13.0 Å². The molecule has 0 unspecified atom stereocenters. The maximum absolute atomic E-state index is 13.8. The molecule has 5 nitrogen and oxygen atoms in total. The van der Waals surface area contributed by atoms with Crippen LogP contribution < -0.4 is 5.32 Å². The number of piperazine rings is 1. The minimum atomic E-state index is -0.493. The first-order valence-corrected chi connectivity index (χ1v) is 5.98. The number of non-ortho nitro benzene ring substituents is 1. The lowest BCUT2D eigenvalue weighted by Gasteiger charge is -2.33. The van der Waals surface area contributed by atoms with Gasteiger partial charge in [-0.15, -0.1) is 0 Å². The van der Waals surface area contributed by atoms with Crippen molar-refractivity contribution in [2.75, 3.05) is 26.2 Å². The molecule has 1 saturated heterocycles. The zero-order valence-electron chi connectivity index (χ0n) is 10.2. The molecule has 0 amide bonds. The van der Waals surface area contributed by atoms with Crippen LogP contribution in [-0.4, -0.2) is 36.0 Å². The Kier molecular flexibility index (Phi) is 3.88. The summed E-state index contributed by atoms with van der Waals surface area (Å²) in [6.45, 7) is 5.25. The number of halogens is 1. The Hall–Kier alpha value is -1.53. The Bertz CT molecular complexity index is 447. The molecule has 1 N–H and O–H groups in total. The van der Waals surface area contributed by atoms with Gasteiger partial charge in [-0.1, -0.05) is 0 Å². The van der Waals surface area contributed by atoms with Gasteiger partial charge in [-0.05, 0) is 13.0 Å². The van der Waals surface area contributed by atoms with E-state index in [2.05, 4.69) is 10.2 Å². The fourth-order valence-corrected chi connectivity index (χ4v) is 2.23. The summed E-state index contributed by atoms with van der Waals surface area (Å²) >= 11 is 0. The van der Waals surface area contributed by atoms with Crippen LogP contribution >= 0.6 is 0 Å². The van der Waals surface area contributed by atoms with Crippen LogP contribution in [0.25, 0.3) is 0 Å². The predicted molar refractivity (Wildman–Crippen MR) is 65.9 cm³/mol. The summed E-state index contributed by atoms with van der Waals surface area (Å²) in [5, 5.41) is 13.9. The van der Waals surface area contributed by atoms with E-state index in [0.29, 0.717) is 5.56 Å². The second-order valence-corrected chi connectivity index (χ2v) is 4.42. The number of nitro benzene ring substituents is 1. The van der Waals surface area contributed by atoms with E-state index in [1.54, 1.807) is 0 Å². The van der Waals surface area contributed by atoms with E-state index in [4.69, 9.17) is 0 Å². The average molecular weight is 253 g/mol. The van der Waals surface area contributed by atoms with Crippen LogP contribution in [0, 0.1) is 15.9 Å². The van der Waals surface area contributed by atoms with Crippen LogP contribution in [0.15, 0.2) is 18.2 Å². The lowest BCUT2D eigenvalue weighted by Crippen LogP contribution is -2.44. The molecule has 0 bridgehead atoms. The third-order valence-electron chi connectivity index (χ3n) is 3.34. The topological polar surface area (TPSA) is 58.4 Å². The third-order valence-corrected chi connectivity index (χ3v) is 3.34. The highest BCUT2D eigenvalue weighted by Gasteiger charge is 2.22. The first-order valence-electron chi connectivity index (χ1n) is 5.98. The normalized spacial score (nSPS) is 18.6. The summed E-state index contributed by atoms with van der Waals surface area (Å²) in [5.41, 5.74) is 0.333. The van der Waals surface area contributed by atoms with Crippen molar-refractivity contribution in [3.63, 3.8) is 0 Å². The molecule has 0 saturated carbocycles. The van der Waals surface area contributed by atoms with Gasteiger partial charge in [0.2, 0.25) is 0 Å². The van der Waals surface area contributed by atoms with Gasteiger partial charge in [0.25, 0.3) is 5.69 Å². The number of hydrogen-bond acceptors (Lipinski definition) is 4. The first-order chi connectivity index (χ1) is 8.59. The molecule has 1 heterocycles. The Morgan fingerprint density at radius 1 is 1.44 bits per heavy atom. The van der Waals surface area contributed by atoms with Crippen molar-refractivity contribution in [3.05, 3.63) is 39.7 Å². The van der Waals surface area contributed by atoms with Crippen molar-refractivity contribution >= 4 is 5.69 Å². The Morgan fingerprint density at radius 2 is 2.11 bits per heavy atom. The minimum absolute atomic E-state index is 0.0617. The summed E-state index contributed by atoms with van der Waals surface area (Å²) in [5.74, 6) is -0.383. The van der Waals surface area contributed by atoms with Crippen molar-refractivity contribution in [2.24, 2.45) is 0 Å². The van der Waals surface area contributed by atoms with Gasteiger partial charge in [0.05, 0.1) is 4.92 Å². The Morgan fingerprint density at radius 3 is 2.72 bits per heavy atom. The van der Waals surface area contributed by atoms with Crippen molar-refractivity contribution in [3.8, 4) is 0 Å². The van der Waals surface area contributed by atoms with Crippen molar-refractivity contribution < 1.29 is 9.31 Å². The molecular formula is C12H16FN3O2. The second-order valence-electron chi connectivity index (χ2n) is 4.42. The van der Waals surface area contributed by atoms with E-state index in [-0.39, 0.29) is 17.5 Å². The van der Waals surface area contributed by atoms with E-state index in [9.17, 15) is 14.5 Å². The quantitative estimate of drug-likeness (QED) is 0.658. The zero-order chi connectivity index (χ0) is 13.1. The van der Waals surface area contributed by atoms with Crippen LogP contribution in [0.3, 0.4) is 0 Å². The highest BCUT2D eigenvalue weighted by Crippen LogP contribution is 2.26. The summed E-state index contributed by atoms with van der Waals surface area (Å²) in [7, 11) is 0. The monoisotopic (exact) mass is 253 g/mol. The van der Waals surface area contributed by atoms with E-state index in [1.807, 2.05) is 6.92 Å². The van der Waals surface area contributed by atoms with E-state index >= 15 is 0 Å². The molecule has 1 aromatic rings. The molecule has 2 rings (SSSR count). The van der Waals surface area contributed by atoms with Gasteiger partial charge >= 0.3 is 0 Å². The molecular weight excluding hydrogens is 237 g/mol. The molecule has 0 spiro atoms. The Balaban J connectivity index is 2.25. The fraction of sp³-hybridized carbons (Fsp3) is 0.500. The van der Waals surface area contributed by atoms with Gasteiger partial charge < -0.3 is 5.32 Å². The number of nitrogens with zero attached hydrogens (tertiary/aromatic N) is 2. The summed E-state index contributed by atoms with van der Waals surface area (Å²) in [6.07, 6.45) is 0. The highest BCUT2D eigenvalue weighted by molar-refractivity contribution is 5.36. The van der Waals surface area contributed by atoms with Gasteiger partial charge in [-0.3, -0.25) is 15.0 Å². The Labute approximate surface area is 105 Å². The molecule has 1 atom stereocenters. The molecule has 98 valence electrons. The number of rotatable bonds is 3. The van der Waals surface area contributed by atoms with Crippen LogP contribution in [-0.2, 0) is 0 Å². The highest BCUT2D eigenvalue weighted by atomic mass is 19.1. The average Bonchev–Trinajstić information content (AvgIpc) is 2.39. The van der Waals surface area contributed by atoms with Crippen LogP contribution in [0.4, 0.5) is 10.1 Å².